The van der Waals surface area contributed by atoms with Crippen molar-refractivity contribution in [2.24, 2.45) is 0 Å². The van der Waals surface area contributed by atoms with Crippen molar-refractivity contribution in [2.45, 2.75) is 19.4 Å². The van der Waals surface area contributed by atoms with E-state index in [-0.39, 0.29) is 5.91 Å². The lowest BCUT2D eigenvalue weighted by Crippen LogP contribution is -2.28. The average molecular weight is 325 g/mol. The molecule has 0 radical (unpaired) electrons. The van der Waals surface area contributed by atoms with E-state index in [0.717, 1.165) is 13.1 Å². The Kier molecular flexibility index (Phi) is 4.99. The number of hydrogen-bond donors (Lipinski definition) is 0. The number of anilines is 1. The van der Waals surface area contributed by atoms with Gasteiger partial charge in [-0.25, -0.2) is 4.98 Å². The van der Waals surface area contributed by atoms with Crippen LogP contribution in [-0.4, -0.2) is 43.0 Å². The lowest BCUT2D eigenvalue weighted by atomic mass is 10.1. The maximum Gasteiger partial charge on any atom is 0.255 e. The predicted molar refractivity (Wildman–Crippen MR) is 94.5 cm³/mol. The summed E-state index contributed by atoms with van der Waals surface area (Å²) in [6.45, 7) is 2.77. The van der Waals surface area contributed by atoms with Gasteiger partial charge in [0.25, 0.3) is 5.91 Å². The zero-order valence-corrected chi connectivity index (χ0v) is 14.2. The van der Waals surface area contributed by atoms with Crippen LogP contribution in [0.1, 0.15) is 28.8 Å². The number of ether oxygens (including phenoxy) is 1. The van der Waals surface area contributed by atoms with Crippen LogP contribution < -0.4 is 9.64 Å². The number of amides is 1. The molecule has 1 saturated heterocycles. The Hall–Kier alpha value is -2.56. The van der Waals surface area contributed by atoms with Gasteiger partial charge in [0.05, 0.1) is 12.7 Å². The number of nitrogens with zero attached hydrogens (tertiary/aromatic N) is 3. The van der Waals surface area contributed by atoms with Crippen molar-refractivity contribution in [3.05, 3.63) is 53.7 Å². The number of pyridine rings is 1. The highest BCUT2D eigenvalue weighted by molar-refractivity contribution is 5.93. The van der Waals surface area contributed by atoms with E-state index in [1.54, 1.807) is 30.3 Å². The fourth-order valence-corrected chi connectivity index (χ4v) is 3.09. The molecule has 0 aliphatic carbocycles. The first-order valence-corrected chi connectivity index (χ1v) is 8.27. The van der Waals surface area contributed by atoms with Gasteiger partial charge in [-0.15, -0.1) is 0 Å². The molecule has 1 fully saturated rings. The second kappa shape index (κ2) is 7.34. The summed E-state index contributed by atoms with van der Waals surface area (Å²) in [6, 6.07) is 11.8. The van der Waals surface area contributed by atoms with E-state index in [1.165, 1.54) is 24.1 Å². The van der Waals surface area contributed by atoms with E-state index in [1.807, 2.05) is 13.1 Å². The van der Waals surface area contributed by atoms with Gasteiger partial charge in [-0.1, -0.05) is 18.2 Å². The van der Waals surface area contributed by atoms with Gasteiger partial charge in [0.1, 0.15) is 0 Å². The molecule has 24 heavy (non-hydrogen) atoms. The van der Waals surface area contributed by atoms with Gasteiger partial charge in [-0.2, -0.15) is 0 Å². The maximum atomic E-state index is 12.6. The number of aromatic nitrogens is 1. The molecular weight excluding hydrogens is 302 g/mol. The molecule has 0 N–H and O–H groups in total. The number of benzene rings is 1. The Morgan fingerprint density at radius 2 is 1.96 bits per heavy atom. The van der Waals surface area contributed by atoms with Crippen LogP contribution in [0.15, 0.2) is 42.6 Å². The summed E-state index contributed by atoms with van der Waals surface area (Å²) < 4.78 is 5.04. The third kappa shape index (κ3) is 3.50. The number of para-hydroxylation sites is 1. The van der Waals surface area contributed by atoms with E-state index in [0.29, 0.717) is 18.0 Å². The van der Waals surface area contributed by atoms with E-state index in [4.69, 9.17) is 4.74 Å². The minimum Gasteiger partial charge on any atom is -0.481 e. The second-order valence-corrected chi connectivity index (χ2v) is 6.07. The molecule has 1 aliphatic heterocycles. The highest BCUT2D eigenvalue weighted by Gasteiger charge is 2.18. The van der Waals surface area contributed by atoms with Gasteiger partial charge < -0.3 is 14.5 Å². The molecule has 3 rings (SSSR count). The molecule has 1 aromatic carbocycles. The number of carbonyl (C=O) groups excluding carboxylic acids is 1. The smallest absolute Gasteiger partial charge is 0.255 e. The van der Waals surface area contributed by atoms with E-state index < -0.39 is 0 Å². The Morgan fingerprint density at radius 3 is 2.62 bits per heavy atom. The van der Waals surface area contributed by atoms with Crippen LogP contribution in [0.4, 0.5) is 5.69 Å². The predicted octanol–water partition coefficient (Wildman–Crippen LogP) is 2.96. The molecule has 1 aromatic heterocycles. The fraction of sp³-hybridized carbons (Fsp3) is 0.368. The minimum atomic E-state index is -0.0404. The van der Waals surface area contributed by atoms with Gasteiger partial charge in [0, 0.05) is 44.6 Å². The topological polar surface area (TPSA) is 45.7 Å². The van der Waals surface area contributed by atoms with Crippen molar-refractivity contribution in [3.63, 3.8) is 0 Å². The SMILES string of the molecule is COc1ccc(C(=O)N(C)Cc2ccccc2N2CCCC2)cn1. The monoisotopic (exact) mass is 325 g/mol. The molecule has 0 atom stereocenters. The maximum absolute atomic E-state index is 12.6. The molecule has 0 bridgehead atoms. The first-order valence-electron chi connectivity index (χ1n) is 8.27. The van der Waals surface area contributed by atoms with Crippen LogP contribution in [0, 0.1) is 0 Å². The van der Waals surface area contributed by atoms with Gasteiger partial charge in [0.15, 0.2) is 0 Å². The van der Waals surface area contributed by atoms with Crippen LogP contribution in [0.3, 0.4) is 0 Å². The zero-order chi connectivity index (χ0) is 16.9. The van der Waals surface area contributed by atoms with Crippen LogP contribution in [0.25, 0.3) is 0 Å². The molecule has 1 amide bonds. The lowest BCUT2D eigenvalue weighted by molar-refractivity contribution is 0.0785. The molecule has 0 unspecified atom stereocenters. The van der Waals surface area contributed by atoms with Crippen LogP contribution in [0.2, 0.25) is 0 Å². The average Bonchev–Trinajstić information content (AvgIpc) is 3.16. The lowest BCUT2D eigenvalue weighted by Gasteiger charge is -2.24. The molecule has 5 heteroatoms. The zero-order valence-electron chi connectivity index (χ0n) is 14.2. The summed E-state index contributed by atoms with van der Waals surface area (Å²) in [6.07, 6.45) is 4.03. The van der Waals surface area contributed by atoms with Gasteiger partial charge in [-0.05, 0) is 30.5 Å². The van der Waals surface area contributed by atoms with Gasteiger partial charge in [0.2, 0.25) is 5.88 Å². The Labute approximate surface area is 142 Å². The number of methoxy groups -OCH3 is 1. The second-order valence-electron chi connectivity index (χ2n) is 6.07. The fourth-order valence-electron chi connectivity index (χ4n) is 3.09. The summed E-state index contributed by atoms with van der Waals surface area (Å²) in [4.78, 5) is 20.9. The molecule has 1 aliphatic rings. The largest absolute Gasteiger partial charge is 0.481 e. The van der Waals surface area contributed by atoms with Crippen molar-refractivity contribution in [2.75, 3.05) is 32.1 Å². The van der Waals surface area contributed by atoms with Crippen molar-refractivity contribution in [1.29, 1.82) is 0 Å². The van der Waals surface area contributed by atoms with E-state index in [9.17, 15) is 4.79 Å². The normalized spacial score (nSPS) is 13.8. The van der Waals surface area contributed by atoms with E-state index >= 15 is 0 Å². The minimum absolute atomic E-state index is 0.0404. The number of carbonyl (C=O) groups is 1. The molecule has 2 aromatic rings. The summed E-state index contributed by atoms with van der Waals surface area (Å²) in [5, 5.41) is 0. The van der Waals surface area contributed by atoms with Crippen LogP contribution in [-0.2, 0) is 6.54 Å². The molecule has 2 heterocycles. The highest BCUT2D eigenvalue weighted by atomic mass is 16.5. The van der Waals surface area contributed by atoms with Crippen LogP contribution in [0.5, 0.6) is 5.88 Å². The third-order valence-corrected chi connectivity index (χ3v) is 4.39. The van der Waals surface area contributed by atoms with Gasteiger partial charge in [-0.3, -0.25) is 4.79 Å². The van der Waals surface area contributed by atoms with Crippen molar-refractivity contribution in [1.82, 2.24) is 9.88 Å². The summed E-state index contributed by atoms with van der Waals surface area (Å²) in [7, 11) is 3.39. The van der Waals surface area contributed by atoms with Crippen molar-refractivity contribution in [3.8, 4) is 5.88 Å². The third-order valence-electron chi connectivity index (χ3n) is 4.39. The molecule has 5 nitrogen and oxygen atoms in total. The number of rotatable bonds is 5. The van der Waals surface area contributed by atoms with Crippen molar-refractivity contribution >= 4 is 11.6 Å². The van der Waals surface area contributed by atoms with Crippen LogP contribution >= 0.6 is 0 Å². The molecular formula is C19H23N3O2. The number of hydrogen-bond acceptors (Lipinski definition) is 4. The standard InChI is InChI=1S/C19H23N3O2/c1-21(19(23)15-9-10-18(24-2)20-13-15)14-16-7-3-4-8-17(16)22-11-5-6-12-22/h3-4,7-10,13H,5-6,11-12,14H2,1-2H3. The van der Waals surface area contributed by atoms with Gasteiger partial charge >= 0.3 is 0 Å². The van der Waals surface area contributed by atoms with E-state index in [2.05, 4.69) is 28.1 Å². The summed E-state index contributed by atoms with van der Waals surface area (Å²) >= 11 is 0. The summed E-state index contributed by atoms with van der Waals surface area (Å²) in [5.41, 5.74) is 2.98. The Bertz CT molecular complexity index is 694. The highest BCUT2D eigenvalue weighted by Crippen LogP contribution is 2.25. The summed E-state index contributed by atoms with van der Waals surface area (Å²) in [5.74, 6) is 0.468. The quantitative estimate of drug-likeness (QED) is 0.848. The first kappa shape index (κ1) is 16.3. The Morgan fingerprint density at radius 1 is 1.21 bits per heavy atom. The first-order chi connectivity index (χ1) is 11.7. The Balaban J connectivity index is 1.74. The molecule has 126 valence electrons. The van der Waals surface area contributed by atoms with Crippen molar-refractivity contribution < 1.29 is 9.53 Å². The molecule has 0 saturated carbocycles. The molecule has 0 spiro atoms.